The van der Waals surface area contributed by atoms with Gasteiger partial charge in [-0.05, 0) is 0 Å². The molecule has 2 rings (SSSR count). The van der Waals surface area contributed by atoms with Crippen LogP contribution in [0.1, 0.15) is 12.5 Å². The summed E-state index contributed by atoms with van der Waals surface area (Å²) in [6, 6.07) is 0. The first-order valence-electron chi connectivity index (χ1n) is 5.26. The smallest absolute Gasteiger partial charge is 0.171 e. The normalized spacial score (nSPS) is 10.1. The minimum atomic E-state index is 0. The van der Waals surface area contributed by atoms with Gasteiger partial charge in [0.05, 0.1) is 0 Å². The Labute approximate surface area is 264 Å². The summed E-state index contributed by atoms with van der Waals surface area (Å²) < 4.78 is 12.7. The van der Waals surface area contributed by atoms with Crippen LogP contribution in [0.15, 0.2) is 0 Å². The molecule has 0 fully saturated rings. The molecule has 0 unspecified atom stereocenters. The molecule has 0 saturated carbocycles. The third-order valence-corrected chi connectivity index (χ3v) is 20.6. The van der Waals surface area contributed by atoms with Gasteiger partial charge in [-0.3, -0.25) is 0 Å². The van der Waals surface area contributed by atoms with E-state index in [1.54, 1.807) is 0 Å². The van der Waals surface area contributed by atoms with Gasteiger partial charge in [-0.15, -0.1) is 124 Å². The summed E-state index contributed by atoms with van der Waals surface area (Å²) in [7, 11) is 0. The molecule has 0 heterocycles. The average molecular weight is 1350 g/mol. The standard InChI is InChI=1S/C7H5I4.C5I5.Fe/c1-2-3-4(8)6(10)7(11)5(3)9;6-1-2(7)4(9)5(10)3(1)8;/h2H2,1H3;;/q2*-1;+2. The van der Waals surface area contributed by atoms with Gasteiger partial charge in [0.1, 0.15) is 0 Å². The minimum Gasteiger partial charge on any atom is -0.171 e. The first-order chi connectivity index (χ1) is 9.64. The van der Waals surface area contributed by atoms with Crippen molar-refractivity contribution in [3.8, 4) is 0 Å². The maximum Gasteiger partial charge on any atom is 2.00 e. The molecule has 0 aliphatic carbocycles. The maximum absolute atomic E-state index is 2.43. The van der Waals surface area contributed by atoms with Gasteiger partial charge >= 0.3 is 17.1 Å². The van der Waals surface area contributed by atoms with Crippen LogP contribution >= 0.6 is 203 Å². The van der Waals surface area contributed by atoms with Gasteiger partial charge in [-0.25, -0.2) is 0 Å². The summed E-state index contributed by atoms with van der Waals surface area (Å²) in [5, 5.41) is 0. The van der Waals surface area contributed by atoms with E-state index < -0.39 is 0 Å². The summed E-state index contributed by atoms with van der Waals surface area (Å²) in [6.45, 7) is 2.21. The second kappa shape index (κ2) is 13.2. The zero-order chi connectivity index (χ0) is 16.5. The molecule has 0 nitrogen and oxygen atoms in total. The SMILES string of the molecule is CCc1c(I)c(I)[c-](I)c1I.Ic1c(I)c(I)[c-](I)c1I.[Fe+2]. The molecule has 0 N–H and O–H groups in total. The van der Waals surface area contributed by atoms with Gasteiger partial charge in [0, 0.05) is 0 Å². The first kappa shape index (κ1) is 27.8. The Morgan fingerprint density at radius 3 is 1.09 bits per heavy atom. The van der Waals surface area contributed by atoms with Crippen LogP contribution in [0.25, 0.3) is 0 Å². The summed E-state index contributed by atoms with van der Waals surface area (Å²) in [5.41, 5.74) is 1.51. The van der Waals surface area contributed by atoms with E-state index >= 15 is 0 Å². The van der Waals surface area contributed by atoms with E-state index in [1.165, 1.54) is 37.7 Å². The summed E-state index contributed by atoms with van der Waals surface area (Å²) in [4.78, 5) is 0. The number of halogens is 9. The average Bonchev–Trinajstić information content (AvgIpc) is 2.76. The van der Waals surface area contributed by atoms with Crippen LogP contribution in [0.4, 0.5) is 0 Å². The fraction of sp³-hybridized carbons (Fsp3) is 0.167. The first-order valence-corrected chi connectivity index (χ1v) is 15.0. The Balaban J connectivity index is 0.000000385. The molecule has 0 saturated heterocycles. The zero-order valence-corrected chi connectivity index (χ0v) is 31.0. The van der Waals surface area contributed by atoms with Crippen LogP contribution in [-0.4, -0.2) is 0 Å². The Bertz CT molecular complexity index is 551. The van der Waals surface area contributed by atoms with E-state index in [1.807, 2.05) is 0 Å². The second-order valence-corrected chi connectivity index (χ2v) is 13.4. The fourth-order valence-electron chi connectivity index (χ4n) is 1.35. The molecule has 10 heteroatoms. The van der Waals surface area contributed by atoms with Crippen molar-refractivity contribution < 1.29 is 17.1 Å². The van der Waals surface area contributed by atoms with Crippen LogP contribution < -0.4 is 0 Å². The molecular formula is C12H5FeI9. The van der Waals surface area contributed by atoms with Crippen LogP contribution in [0, 0.1) is 32.1 Å². The fourth-order valence-corrected chi connectivity index (χ4v) is 11.2. The molecule has 124 valence electrons. The summed E-state index contributed by atoms with van der Waals surface area (Å²) in [5.74, 6) is 0. The summed E-state index contributed by atoms with van der Waals surface area (Å²) in [6.07, 6.45) is 1.15. The zero-order valence-electron chi connectivity index (χ0n) is 10.5. The minimum absolute atomic E-state index is 0. The van der Waals surface area contributed by atoms with E-state index in [-0.39, 0.29) is 17.1 Å². The quantitative estimate of drug-likeness (QED) is 0.152. The van der Waals surface area contributed by atoms with Crippen molar-refractivity contribution >= 4 is 203 Å². The van der Waals surface area contributed by atoms with Crippen molar-refractivity contribution in [3.63, 3.8) is 0 Å². The molecule has 22 heavy (non-hydrogen) atoms. The largest absolute Gasteiger partial charge is 2.00 e. The second-order valence-electron chi connectivity index (χ2n) is 3.66. The molecule has 0 aromatic heterocycles. The van der Waals surface area contributed by atoms with Gasteiger partial charge in [0.25, 0.3) is 0 Å². The van der Waals surface area contributed by atoms with Crippen molar-refractivity contribution in [2.75, 3.05) is 0 Å². The predicted octanol–water partition coefficient (Wildman–Crippen LogP) is 8.81. The molecule has 2 aromatic carbocycles. The van der Waals surface area contributed by atoms with Gasteiger partial charge in [0.2, 0.25) is 0 Å². The van der Waals surface area contributed by atoms with Crippen molar-refractivity contribution in [1.82, 2.24) is 0 Å². The molecule has 0 bridgehead atoms. The van der Waals surface area contributed by atoms with Crippen LogP contribution in [-0.2, 0) is 23.5 Å². The van der Waals surface area contributed by atoms with Gasteiger partial charge in [0.15, 0.2) is 0 Å². The molecule has 0 spiro atoms. The molecule has 0 aliphatic rings. The van der Waals surface area contributed by atoms with Crippen LogP contribution in [0.3, 0.4) is 0 Å². The summed E-state index contributed by atoms with van der Waals surface area (Å²) >= 11 is 21.7. The molecule has 0 radical (unpaired) electrons. The van der Waals surface area contributed by atoms with Gasteiger partial charge in [-0.2, -0.15) is 5.56 Å². The van der Waals surface area contributed by atoms with Crippen molar-refractivity contribution in [1.29, 1.82) is 0 Å². The van der Waals surface area contributed by atoms with Crippen molar-refractivity contribution in [2.24, 2.45) is 0 Å². The van der Waals surface area contributed by atoms with E-state index in [0.717, 1.165) is 6.42 Å². The molecule has 0 aliphatic heterocycles. The number of hydrogen-bond donors (Lipinski definition) is 0. The number of rotatable bonds is 1. The molecule has 2 aromatic rings. The monoisotopic (exact) mass is 1350 g/mol. The third kappa shape index (κ3) is 6.94. The topological polar surface area (TPSA) is 0 Å². The molecule has 0 amide bonds. The Morgan fingerprint density at radius 1 is 0.636 bits per heavy atom. The van der Waals surface area contributed by atoms with Crippen LogP contribution in [0.5, 0.6) is 0 Å². The van der Waals surface area contributed by atoms with E-state index in [0.29, 0.717) is 0 Å². The van der Waals surface area contributed by atoms with E-state index in [4.69, 9.17) is 0 Å². The molecule has 0 atom stereocenters. The maximum atomic E-state index is 2.43. The third-order valence-electron chi connectivity index (χ3n) is 2.43. The van der Waals surface area contributed by atoms with E-state index in [9.17, 15) is 0 Å². The van der Waals surface area contributed by atoms with E-state index in [2.05, 4.69) is 210 Å². The Kier molecular flexibility index (Phi) is 16.6. The Morgan fingerprint density at radius 2 is 0.955 bits per heavy atom. The van der Waals surface area contributed by atoms with Crippen molar-refractivity contribution in [3.05, 3.63) is 37.7 Å². The van der Waals surface area contributed by atoms with Crippen LogP contribution in [0.2, 0.25) is 0 Å². The molecular weight excluding hydrogens is 1340 g/mol. The van der Waals surface area contributed by atoms with Crippen molar-refractivity contribution in [2.45, 2.75) is 13.3 Å². The van der Waals surface area contributed by atoms with Gasteiger partial charge < -0.3 is 0 Å². The predicted molar refractivity (Wildman–Crippen MR) is 168 cm³/mol. The van der Waals surface area contributed by atoms with Gasteiger partial charge in [-0.1, -0.05) is 125 Å². The number of hydrogen-bond acceptors (Lipinski definition) is 0. The Hall–Kier alpha value is 5.79.